The van der Waals surface area contributed by atoms with E-state index in [-0.39, 0.29) is 11.8 Å². The van der Waals surface area contributed by atoms with Crippen molar-refractivity contribution < 1.29 is 9.59 Å². The molecule has 5 nitrogen and oxygen atoms in total. The van der Waals surface area contributed by atoms with Crippen LogP contribution in [0.4, 0.5) is 17.1 Å². The number of nitrogens with one attached hydrogen (secondary N) is 2. The summed E-state index contributed by atoms with van der Waals surface area (Å²) in [6.07, 6.45) is 0.971. The van der Waals surface area contributed by atoms with Gasteiger partial charge in [-0.05, 0) is 61.4 Å². The first-order valence-corrected chi connectivity index (χ1v) is 9.69. The first kappa shape index (κ1) is 18.7. The van der Waals surface area contributed by atoms with Crippen molar-refractivity contribution in [3.63, 3.8) is 0 Å². The van der Waals surface area contributed by atoms with E-state index in [1.807, 2.05) is 37.3 Å². The normalized spacial score (nSPS) is 12.4. The van der Waals surface area contributed by atoms with E-state index in [0.29, 0.717) is 23.5 Å². The number of carbonyl (C=O) groups is 2. The number of amides is 2. The highest BCUT2D eigenvalue weighted by Crippen LogP contribution is 2.27. The van der Waals surface area contributed by atoms with Crippen LogP contribution in [-0.4, -0.2) is 24.9 Å². The predicted octanol–water partition coefficient (Wildman–Crippen LogP) is 4.25. The summed E-state index contributed by atoms with van der Waals surface area (Å²) in [6, 6.07) is 22.8. The summed E-state index contributed by atoms with van der Waals surface area (Å²) in [5, 5.41) is 5.80. The minimum atomic E-state index is -0.154. The molecule has 0 saturated heterocycles. The summed E-state index contributed by atoms with van der Waals surface area (Å²) in [5.74, 6) is -0.212. The Morgan fingerprint density at radius 2 is 1.62 bits per heavy atom. The van der Waals surface area contributed by atoms with E-state index in [1.54, 1.807) is 30.3 Å². The van der Waals surface area contributed by atoms with E-state index >= 15 is 0 Å². The van der Waals surface area contributed by atoms with Crippen molar-refractivity contribution in [3.05, 3.63) is 89.5 Å². The van der Waals surface area contributed by atoms with Crippen molar-refractivity contribution in [2.24, 2.45) is 0 Å². The number of para-hydroxylation sites is 1. The van der Waals surface area contributed by atoms with E-state index in [1.165, 1.54) is 5.56 Å². The summed E-state index contributed by atoms with van der Waals surface area (Å²) in [7, 11) is 0. The Morgan fingerprint density at radius 3 is 2.38 bits per heavy atom. The van der Waals surface area contributed by atoms with Gasteiger partial charge in [0.15, 0.2) is 0 Å². The number of aryl methyl sites for hydroxylation is 1. The molecule has 4 rings (SSSR count). The van der Waals surface area contributed by atoms with Crippen LogP contribution in [0.2, 0.25) is 0 Å². The van der Waals surface area contributed by atoms with Gasteiger partial charge >= 0.3 is 0 Å². The minimum Gasteiger partial charge on any atom is -0.362 e. The van der Waals surface area contributed by atoms with Crippen LogP contribution in [0, 0.1) is 6.92 Å². The van der Waals surface area contributed by atoms with Gasteiger partial charge in [0, 0.05) is 29.2 Å². The van der Waals surface area contributed by atoms with Crippen molar-refractivity contribution in [3.8, 4) is 0 Å². The number of nitrogens with zero attached hydrogens (tertiary/aromatic N) is 1. The fourth-order valence-corrected chi connectivity index (χ4v) is 3.57. The van der Waals surface area contributed by atoms with Gasteiger partial charge in [-0.15, -0.1) is 0 Å². The number of hydrogen-bond donors (Lipinski definition) is 2. The van der Waals surface area contributed by atoms with E-state index < -0.39 is 0 Å². The van der Waals surface area contributed by atoms with Crippen LogP contribution in [0.15, 0.2) is 72.8 Å². The molecule has 146 valence electrons. The smallest absolute Gasteiger partial charge is 0.255 e. The Labute approximate surface area is 170 Å². The second-order valence-corrected chi connectivity index (χ2v) is 7.25. The van der Waals surface area contributed by atoms with Gasteiger partial charge in [-0.25, -0.2) is 0 Å². The standard InChI is InChI=1S/C24H23N3O2/c1-17-5-4-7-19(15-17)24(29)26-21-11-9-20(10-12-21)25-23(28)16-27-14-13-18-6-2-3-8-22(18)27/h2-12,15H,13-14,16H2,1H3,(H,25,28)(H,26,29). The number of fused-ring (bicyclic) bond motifs is 1. The van der Waals surface area contributed by atoms with Crippen LogP contribution >= 0.6 is 0 Å². The van der Waals surface area contributed by atoms with E-state index in [9.17, 15) is 9.59 Å². The first-order valence-electron chi connectivity index (χ1n) is 9.69. The third-order valence-corrected chi connectivity index (χ3v) is 5.02. The van der Waals surface area contributed by atoms with Crippen molar-refractivity contribution in [2.75, 3.05) is 28.6 Å². The maximum Gasteiger partial charge on any atom is 0.255 e. The van der Waals surface area contributed by atoms with E-state index in [2.05, 4.69) is 27.7 Å². The number of benzene rings is 3. The molecule has 0 spiro atoms. The van der Waals surface area contributed by atoms with Gasteiger partial charge < -0.3 is 15.5 Å². The van der Waals surface area contributed by atoms with Crippen molar-refractivity contribution in [1.82, 2.24) is 0 Å². The van der Waals surface area contributed by atoms with Gasteiger partial charge in [-0.2, -0.15) is 0 Å². The van der Waals surface area contributed by atoms with Gasteiger partial charge in [0.2, 0.25) is 5.91 Å². The molecule has 0 bridgehead atoms. The molecule has 5 heteroatoms. The number of anilines is 3. The fraction of sp³-hybridized carbons (Fsp3) is 0.167. The zero-order valence-electron chi connectivity index (χ0n) is 16.3. The third kappa shape index (κ3) is 4.46. The molecule has 1 aliphatic heterocycles. The Bertz CT molecular complexity index is 1040. The Hall–Kier alpha value is -3.60. The topological polar surface area (TPSA) is 61.4 Å². The van der Waals surface area contributed by atoms with Crippen molar-refractivity contribution in [2.45, 2.75) is 13.3 Å². The first-order chi connectivity index (χ1) is 14.1. The highest BCUT2D eigenvalue weighted by atomic mass is 16.2. The average molecular weight is 385 g/mol. The van der Waals surface area contributed by atoms with Gasteiger partial charge in [-0.1, -0.05) is 35.9 Å². The fourth-order valence-electron chi connectivity index (χ4n) is 3.57. The number of carbonyl (C=O) groups excluding carboxylic acids is 2. The second kappa shape index (κ2) is 8.19. The maximum absolute atomic E-state index is 12.4. The third-order valence-electron chi connectivity index (χ3n) is 5.02. The van der Waals surface area contributed by atoms with Crippen LogP contribution in [0.25, 0.3) is 0 Å². The number of rotatable bonds is 5. The van der Waals surface area contributed by atoms with E-state index in [4.69, 9.17) is 0 Å². The molecule has 0 radical (unpaired) electrons. The lowest BCUT2D eigenvalue weighted by molar-refractivity contribution is -0.115. The molecular formula is C24H23N3O2. The molecule has 2 N–H and O–H groups in total. The molecule has 0 unspecified atom stereocenters. The summed E-state index contributed by atoms with van der Waals surface area (Å²) in [4.78, 5) is 26.9. The van der Waals surface area contributed by atoms with Crippen molar-refractivity contribution >= 4 is 28.9 Å². The highest BCUT2D eigenvalue weighted by Gasteiger charge is 2.20. The lowest BCUT2D eigenvalue weighted by Gasteiger charge is -2.18. The van der Waals surface area contributed by atoms with Crippen LogP contribution in [0.3, 0.4) is 0 Å². The van der Waals surface area contributed by atoms with Gasteiger partial charge in [0.25, 0.3) is 5.91 Å². The number of hydrogen-bond acceptors (Lipinski definition) is 3. The molecule has 0 aromatic heterocycles. The lowest BCUT2D eigenvalue weighted by atomic mass is 10.1. The Balaban J connectivity index is 1.34. The van der Waals surface area contributed by atoms with Crippen LogP contribution in [-0.2, 0) is 11.2 Å². The molecule has 0 saturated carbocycles. The molecule has 29 heavy (non-hydrogen) atoms. The maximum atomic E-state index is 12.4. The molecule has 2 amide bonds. The molecule has 3 aromatic rings. The van der Waals surface area contributed by atoms with Gasteiger partial charge in [-0.3, -0.25) is 9.59 Å². The molecule has 1 aliphatic rings. The second-order valence-electron chi connectivity index (χ2n) is 7.25. The molecule has 0 atom stereocenters. The van der Waals surface area contributed by atoms with Crippen LogP contribution in [0.5, 0.6) is 0 Å². The molecular weight excluding hydrogens is 362 g/mol. The zero-order chi connectivity index (χ0) is 20.2. The predicted molar refractivity (Wildman–Crippen MR) is 117 cm³/mol. The lowest BCUT2D eigenvalue weighted by Crippen LogP contribution is -2.31. The van der Waals surface area contributed by atoms with E-state index in [0.717, 1.165) is 24.2 Å². The quantitative estimate of drug-likeness (QED) is 0.690. The van der Waals surface area contributed by atoms with Gasteiger partial charge in [0.05, 0.1) is 6.54 Å². The summed E-state index contributed by atoms with van der Waals surface area (Å²) >= 11 is 0. The minimum absolute atomic E-state index is 0.0572. The summed E-state index contributed by atoms with van der Waals surface area (Å²) in [6.45, 7) is 3.13. The molecule has 3 aromatic carbocycles. The Kier molecular flexibility index (Phi) is 5.29. The SMILES string of the molecule is Cc1cccc(C(=O)Nc2ccc(NC(=O)CN3CCc4ccccc43)cc2)c1. The average Bonchev–Trinajstić information content (AvgIpc) is 3.12. The Morgan fingerprint density at radius 1 is 0.897 bits per heavy atom. The molecule has 0 aliphatic carbocycles. The zero-order valence-corrected chi connectivity index (χ0v) is 16.3. The van der Waals surface area contributed by atoms with Crippen LogP contribution in [0.1, 0.15) is 21.5 Å². The summed E-state index contributed by atoms with van der Waals surface area (Å²) in [5.41, 5.74) is 5.47. The highest BCUT2D eigenvalue weighted by molar-refractivity contribution is 6.04. The monoisotopic (exact) mass is 385 g/mol. The summed E-state index contributed by atoms with van der Waals surface area (Å²) < 4.78 is 0. The van der Waals surface area contributed by atoms with Gasteiger partial charge in [0.1, 0.15) is 0 Å². The molecule has 0 fully saturated rings. The largest absolute Gasteiger partial charge is 0.362 e. The van der Waals surface area contributed by atoms with Crippen LogP contribution < -0.4 is 15.5 Å². The van der Waals surface area contributed by atoms with Crippen molar-refractivity contribution in [1.29, 1.82) is 0 Å². The molecule has 1 heterocycles.